The van der Waals surface area contributed by atoms with Gasteiger partial charge >= 0.3 is 12.4 Å². The van der Waals surface area contributed by atoms with Crippen molar-refractivity contribution >= 4 is 17.6 Å². The highest BCUT2D eigenvalue weighted by molar-refractivity contribution is 5.90. The van der Waals surface area contributed by atoms with E-state index >= 15 is 0 Å². The molecule has 0 spiro atoms. The van der Waals surface area contributed by atoms with Gasteiger partial charge < -0.3 is 24.8 Å². The number of carbonyl (C=O) groups is 2. The van der Waals surface area contributed by atoms with Gasteiger partial charge in [0.2, 0.25) is 11.9 Å². The first-order valence-corrected chi connectivity index (χ1v) is 17.6. The van der Waals surface area contributed by atoms with Gasteiger partial charge in [-0.25, -0.2) is 9.78 Å². The number of benzene rings is 2. The summed E-state index contributed by atoms with van der Waals surface area (Å²) in [7, 11) is 1.98. The minimum Gasteiger partial charge on any atom is -0.405 e. The summed E-state index contributed by atoms with van der Waals surface area (Å²) < 4.78 is 60.0. The molecule has 4 heterocycles. The van der Waals surface area contributed by atoms with E-state index in [1.807, 2.05) is 32.7 Å². The number of piperazine rings is 1. The van der Waals surface area contributed by atoms with Gasteiger partial charge in [-0.05, 0) is 49.9 Å². The molecule has 2 atom stereocenters. The summed E-state index contributed by atoms with van der Waals surface area (Å²) in [6.45, 7) is 12.8. The molecule has 2 N–H and O–H groups in total. The van der Waals surface area contributed by atoms with Crippen LogP contribution < -0.4 is 10.1 Å². The third-order valence-corrected chi connectivity index (χ3v) is 10.2. The van der Waals surface area contributed by atoms with Crippen LogP contribution in [0.5, 0.6) is 5.75 Å². The molecule has 0 bridgehead atoms. The molecule has 1 aromatic heterocycles. The molecular weight excluding hydrogens is 666 g/mol. The van der Waals surface area contributed by atoms with Crippen LogP contribution in [0.1, 0.15) is 58.8 Å². The summed E-state index contributed by atoms with van der Waals surface area (Å²) in [4.78, 5) is 41.2. The second-order valence-corrected chi connectivity index (χ2v) is 15.1. The number of H-pyrrole nitrogens is 1. The molecule has 6 rings (SSSR count). The molecule has 3 aliphatic rings. The van der Waals surface area contributed by atoms with E-state index in [0.717, 1.165) is 38.9 Å². The summed E-state index contributed by atoms with van der Waals surface area (Å²) in [5, 5.41) is 2.74. The first-order valence-electron chi connectivity index (χ1n) is 17.6. The Labute approximate surface area is 296 Å². The van der Waals surface area contributed by atoms with Crippen molar-refractivity contribution < 1.29 is 31.9 Å². The molecule has 3 saturated heterocycles. The average Bonchev–Trinajstić information content (AvgIpc) is 3.63. The number of amides is 3. The molecule has 0 aliphatic carbocycles. The largest absolute Gasteiger partial charge is 0.573 e. The lowest BCUT2D eigenvalue weighted by atomic mass is 9.94. The van der Waals surface area contributed by atoms with Crippen molar-refractivity contribution in [3.8, 4) is 28.1 Å². The van der Waals surface area contributed by atoms with E-state index in [9.17, 15) is 27.2 Å². The predicted octanol–water partition coefficient (Wildman–Crippen LogP) is 6.98. The van der Waals surface area contributed by atoms with Crippen LogP contribution in [0.4, 0.5) is 28.0 Å². The van der Waals surface area contributed by atoms with Crippen molar-refractivity contribution in [2.45, 2.75) is 65.4 Å². The average molecular weight is 714 g/mol. The highest BCUT2D eigenvalue weighted by Gasteiger charge is 2.35. The molecule has 51 heavy (non-hydrogen) atoms. The van der Waals surface area contributed by atoms with Crippen LogP contribution in [0.25, 0.3) is 22.4 Å². The molecule has 0 radical (unpaired) electrons. The number of carbonyl (C=O) groups excluding carboxylic acids is 2. The SMILES string of the molecule is CC1CC(c2nc(-c3ccc(-c4ccc(NC(=O)N5CCC(N6CCN(C(=O)C(C)(C)C)CC6)CC5)cc4OC(F)(F)F)cc3)c(F)[nH]2)N(C)C1. The maximum atomic E-state index is 15.0. The van der Waals surface area contributed by atoms with E-state index in [4.69, 9.17) is 0 Å². The Morgan fingerprint density at radius 1 is 0.922 bits per heavy atom. The smallest absolute Gasteiger partial charge is 0.405 e. The highest BCUT2D eigenvalue weighted by Crippen LogP contribution is 2.38. The number of halogens is 4. The molecule has 276 valence electrons. The standard InChI is InChI=1S/C37H47F4N7O3/c1-23-20-29(45(5)22-23)33-43-31(32(38)44-33)25-8-6-24(7-9-25)28-11-10-26(21-30(28)51-37(39,40)41)42-35(50)48-14-12-27(13-15-48)46-16-18-47(19-17-46)34(49)36(2,3)4/h6-11,21,23,27,29H,12-20,22H2,1-5H3,(H,42,50)(H,43,44). The van der Waals surface area contributed by atoms with Crippen LogP contribution >= 0.6 is 0 Å². The van der Waals surface area contributed by atoms with E-state index in [2.05, 4.69) is 36.7 Å². The second kappa shape index (κ2) is 14.5. The molecule has 3 aliphatic heterocycles. The molecule has 10 nitrogen and oxygen atoms in total. The fourth-order valence-corrected chi connectivity index (χ4v) is 7.55. The number of urea groups is 1. The molecule has 2 unspecified atom stereocenters. The van der Waals surface area contributed by atoms with Gasteiger partial charge in [0, 0.05) is 80.2 Å². The lowest BCUT2D eigenvalue weighted by Gasteiger charge is -2.43. The Bertz CT molecular complexity index is 1710. The van der Waals surface area contributed by atoms with Gasteiger partial charge in [0.15, 0.2) is 0 Å². The number of hydrogen-bond donors (Lipinski definition) is 2. The number of ether oxygens (including phenoxy) is 1. The highest BCUT2D eigenvalue weighted by atomic mass is 19.4. The molecule has 0 saturated carbocycles. The minimum atomic E-state index is -4.97. The maximum Gasteiger partial charge on any atom is 0.573 e. The van der Waals surface area contributed by atoms with Crippen LogP contribution in [0.2, 0.25) is 0 Å². The summed E-state index contributed by atoms with van der Waals surface area (Å²) in [5.74, 6) is 0.129. The number of anilines is 1. The number of likely N-dealkylation sites (tertiary alicyclic amines) is 2. The number of nitrogens with zero attached hydrogens (tertiary/aromatic N) is 5. The van der Waals surface area contributed by atoms with Crippen LogP contribution in [-0.2, 0) is 4.79 Å². The summed E-state index contributed by atoms with van der Waals surface area (Å²) >= 11 is 0. The van der Waals surface area contributed by atoms with Crippen LogP contribution in [-0.4, -0.2) is 107 Å². The number of alkyl halides is 3. The van der Waals surface area contributed by atoms with Gasteiger partial charge in [-0.2, -0.15) is 4.39 Å². The molecule has 2 aromatic carbocycles. The van der Waals surface area contributed by atoms with Gasteiger partial charge in [0.1, 0.15) is 17.3 Å². The second-order valence-electron chi connectivity index (χ2n) is 15.1. The number of nitrogens with one attached hydrogen (secondary N) is 2. The third-order valence-electron chi connectivity index (χ3n) is 10.2. The van der Waals surface area contributed by atoms with Crippen LogP contribution in [0.3, 0.4) is 0 Å². The van der Waals surface area contributed by atoms with Crippen molar-refractivity contribution in [1.82, 2.24) is 29.6 Å². The molecule has 3 amide bonds. The monoisotopic (exact) mass is 713 g/mol. The van der Waals surface area contributed by atoms with Gasteiger partial charge in [0.25, 0.3) is 0 Å². The van der Waals surface area contributed by atoms with Gasteiger partial charge in [-0.3, -0.25) is 14.6 Å². The summed E-state index contributed by atoms with van der Waals surface area (Å²) in [6, 6.07) is 10.5. The van der Waals surface area contributed by atoms with Crippen LogP contribution in [0.15, 0.2) is 42.5 Å². The zero-order valence-electron chi connectivity index (χ0n) is 29.8. The fraction of sp³-hybridized carbons (Fsp3) is 0.541. The number of aromatic amines is 1. The summed E-state index contributed by atoms with van der Waals surface area (Å²) in [5.41, 5.74) is 0.961. The number of hydrogen-bond acceptors (Lipinski definition) is 6. The molecule has 3 aromatic rings. The number of imidazole rings is 1. The Balaban J connectivity index is 1.09. The van der Waals surface area contributed by atoms with E-state index < -0.39 is 29.5 Å². The van der Waals surface area contributed by atoms with Crippen molar-refractivity contribution in [3.05, 3.63) is 54.2 Å². The Morgan fingerprint density at radius 3 is 2.16 bits per heavy atom. The van der Waals surface area contributed by atoms with Crippen molar-refractivity contribution in [2.75, 3.05) is 58.2 Å². The number of rotatable bonds is 6. The van der Waals surface area contributed by atoms with Gasteiger partial charge in [-0.1, -0.05) is 52.0 Å². The normalized spacial score (nSPS) is 21.3. The van der Waals surface area contributed by atoms with E-state index in [-0.39, 0.29) is 28.9 Å². The van der Waals surface area contributed by atoms with Crippen molar-refractivity contribution in [1.29, 1.82) is 0 Å². The van der Waals surface area contributed by atoms with Crippen molar-refractivity contribution in [2.24, 2.45) is 11.3 Å². The van der Waals surface area contributed by atoms with Crippen LogP contribution in [0, 0.1) is 17.3 Å². The zero-order valence-corrected chi connectivity index (χ0v) is 29.8. The van der Waals surface area contributed by atoms with E-state index in [1.54, 1.807) is 29.2 Å². The molecular formula is C37H47F4N7O3. The topological polar surface area (TPSA) is 97.0 Å². The van der Waals surface area contributed by atoms with Gasteiger partial charge in [-0.15, -0.1) is 13.2 Å². The minimum absolute atomic E-state index is 0.0192. The Morgan fingerprint density at radius 2 is 1.57 bits per heavy atom. The van der Waals surface area contributed by atoms with Crippen molar-refractivity contribution in [3.63, 3.8) is 0 Å². The third kappa shape index (κ3) is 8.49. The maximum absolute atomic E-state index is 15.0. The first-order chi connectivity index (χ1) is 24.1. The first kappa shape index (κ1) is 36.6. The quantitative estimate of drug-likeness (QED) is 0.268. The van der Waals surface area contributed by atoms with E-state index in [1.165, 1.54) is 18.2 Å². The summed E-state index contributed by atoms with van der Waals surface area (Å²) in [6.07, 6.45) is -2.58. The van der Waals surface area contributed by atoms with Gasteiger partial charge in [0.05, 0.1) is 6.04 Å². The zero-order chi connectivity index (χ0) is 36.7. The lowest BCUT2D eigenvalue weighted by molar-refractivity contribution is -0.274. The Hall–Kier alpha value is -4.17. The number of aromatic nitrogens is 2. The number of piperidine rings is 1. The molecule has 14 heteroatoms. The molecule has 3 fully saturated rings. The van der Waals surface area contributed by atoms with E-state index in [0.29, 0.717) is 55.1 Å². The predicted molar refractivity (Wildman–Crippen MR) is 186 cm³/mol. The Kier molecular flexibility index (Phi) is 10.4. The fourth-order valence-electron chi connectivity index (χ4n) is 7.55. The lowest BCUT2D eigenvalue weighted by Crippen LogP contribution is -2.56.